The zero-order valence-corrected chi connectivity index (χ0v) is 15.2. The number of anilines is 1. The lowest BCUT2D eigenvalue weighted by Gasteiger charge is -2.34. The second-order valence-electron chi connectivity index (χ2n) is 6.56. The van der Waals surface area contributed by atoms with Gasteiger partial charge in [0.05, 0.1) is 11.9 Å². The first-order chi connectivity index (χ1) is 11.4. The van der Waals surface area contributed by atoms with Crippen molar-refractivity contribution in [3.63, 3.8) is 0 Å². The molecular formula is C17H25N3O3S. The Bertz CT molecular complexity index is 725. The molecular weight excluding hydrogens is 326 g/mol. The summed E-state index contributed by atoms with van der Waals surface area (Å²) in [5.41, 5.74) is 2.23. The maximum absolute atomic E-state index is 12.8. The number of carbonyl (C=O) groups is 1. The fourth-order valence-corrected chi connectivity index (χ4v) is 4.45. The molecule has 1 amide bonds. The van der Waals surface area contributed by atoms with Gasteiger partial charge in [-0.15, -0.1) is 0 Å². The quantitative estimate of drug-likeness (QED) is 0.817. The summed E-state index contributed by atoms with van der Waals surface area (Å²) in [6.45, 7) is 6.96. The largest absolute Gasteiger partial charge is 0.336 e. The third kappa shape index (κ3) is 3.42. The molecule has 0 bridgehead atoms. The van der Waals surface area contributed by atoms with Crippen LogP contribution in [0.15, 0.2) is 18.2 Å². The van der Waals surface area contributed by atoms with Crippen LogP contribution >= 0.6 is 0 Å². The molecule has 0 N–H and O–H groups in total. The Morgan fingerprint density at radius 1 is 1.12 bits per heavy atom. The molecule has 2 aliphatic heterocycles. The Morgan fingerprint density at radius 2 is 1.83 bits per heavy atom. The highest BCUT2D eigenvalue weighted by atomic mass is 32.2. The van der Waals surface area contributed by atoms with Gasteiger partial charge in [0.2, 0.25) is 10.0 Å². The number of hydrogen-bond donors (Lipinski definition) is 0. The summed E-state index contributed by atoms with van der Waals surface area (Å²) >= 11 is 0. The summed E-state index contributed by atoms with van der Waals surface area (Å²) in [7, 11) is -3.30. The number of rotatable bonds is 4. The molecule has 1 saturated heterocycles. The van der Waals surface area contributed by atoms with E-state index in [1.807, 2.05) is 17.0 Å². The molecule has 0 aliphatic carbocycles. The first-order valence-corrected chi connectivity index (χ1v) is 10.4. The van der Waals surface area contributed by atoms with Crippen molar-refractivity contribution in [1.29, 1.82) is 0 Å². The van der Waals surface area contributed by atoms with Crippen molar-refractivity contribution in [3.8, 4) is 0 Å². The van der Waals surface area contributed by atoms with Gasteiger partial charge in [-0.05, 0) is 37.1 Å². The van der Waals surface area contributed by atoms with E-state index in [9.17, 15) is 13.2 Å². The molecule has 24 heavy (non-hydrogen) atoms. The molecule has 0 spiro atoms. The smallest absolute Gasteiger partial charge is 0.254 e. The average Bonchev–Trinajstić information content (AvgIpc) is 2.98. The zero-order chi connectivity index (χ0) is 17.3. The molecule has 6 nitrogen and oxygen atoms in total. The van der Waals surface area contributed by atoms with E-state index in [1.54, 1.807) is 6.07 Å². The summed E-state index contributed by atoms with van der Waals surface area (Å²) in [6, 6.07) is 5.45. The number of amides is 1. The van der Waals surface area contributed by atoms with Crippen LogP contribution in [-0.2, 0) is 16.4 Å². The SMILES string of the molecule is CCCN1CCN(C(=O)c2ccc3c(c2)N(S(C)(=O)=O)CC3)CC1. The Hall–Kier alpha value is -1.60. The van der Waals surface area contributed by atoms with E-state index in [-0.39, 0.29) is 5.91 Å². The third-order valence-corrected chi connectivity index (χ3v) is 5.96. The maximum Gasteiger partial charge on any atom is 0.254 e. The number of piperazine rings is 1. The summed E-state index contributed by atoms with van der Waals surface area (Å²) in [6.07, 6.45) is 3.04. The van der Waals surface area contributed by atoms with Gasteiger partial charge in [-0.2, -0.15) is 0 Å². The monoisotopic (exact) mass is 351 g/mol. The topological polar surface area (TPSA) is 60.9 Å². The average molecular weight is 351 g/mol. The van der Waals surface area contributed by atoms with Crippen LogP contribution in [0.1, 0.15) is 29.3 Å². The van der Waals surface area contributed by atoms with Crippen LogP contribution in [-0.4, -0.2) is 69.6 Å². The summed E-state index contributed by atoms with van der Waals surface area (Å²) < 4.78 is 25.2. The van der Waals surface area contributed by atoms with Crippen molar-refractivity contribution in [3.05, 3.63) is 29.3 Å². The Kier molecular flexibility index (Phi) is 4.83. The molecule has 1 aromatic rings. The molecule has 2 heterocycles. The lowest BCUT2D eigenvalue weighted by Crippen LogP contribution is -2.48. The van der Waals surface area contributed by atoms with Gasteiger partial charge in [0.1, 0.15) is 0 Å². The van der Waals surface area contributed by atoms with Crippen LogP contribution < -0.4 is 4.31 Å². The van der Waals surface area contributed by atoms with Crippen LogP contribution in [0, 0.1) is 0 Å². The normalized spacial score (nSPS) is 18.8. The van der Waals surface area contributed by atoms with Crippen LogP contribution in [0.3, 0.4) is 0 Å². The van der Waals surface area contributed by atoms with Gasteiger partial charge >= 0.3 is 0 Å². The van der Waals surface area contributed by atoms with Gasteiger partial charge in [0.25, 0.3) is 5.91 Å². The number of carbonyl (C=O) groups excluding carboxylic acids is 1. The fourth-order valence-electron chi connectivity index (χ4n) is 3.50. The predicted octanol–water partition coefficient (Wildman–Crippen LogP) is 1.18. The Balaban J connectivity index is 1.76. The highest BCUT2D eigenvalue weighted by Crippen LogP contribution is 2.31. The van der Waals surface area contributed by atoms with E-state index in [0.29, 0.717) is 24.2 Å². The van der Waals surface area contributed by atoms with Gasteiger partial charge in [0, 0.05) is 38.3 Å². The van der Waals surface area contributed by atoms with Gasteiger partial charge in [-0.1, -0.05) is 13.0 Å². The van der Waals surface area contributed by atoms with Crippen LogP contribution in [0.25, 0.3) is 0 Å². The van der Waals surface area contributed by atoms with Crippen molar-refractivity contribution in [2.45, 2.75) is 19.8 Å². The minimum absolute atomic E-state index is 0.00528. The molecule has 1 fully saturated rings. The summed E-state index contributed by atoms with van der Waals surface area (Å²) in [5, 5.41) is 0. The molecule has 7 heteroatoms. The van der Waals surface area contributed by atoms with Crippen molar-refractivity contribution in [1.82, 2.24) is 9.80 Å². The van der Waals surface area contributed by atoms with Gasteiger partial charge in [-0.25, -0.2) is 8.42 Å². The molecule has 0 unspecified atom stereocenters. The van der Waals surface area contributed by atoms with Gasteiger partial charge in [0.15, 0.2) is 0 Å². The minimum atomic E-state index is -3.30. The van der Waals surface area contributed by atoms with Gasteiger partial charge < -0.3 is 4.90 Å². The van der Waals surface area contributed by atoms with E-state index in [0.717, 1.165) is 44.7 Å². The maximum atomic E-state index is 12.8. The third-order valence-electron chi connectivity index (χ3n) is 4.78. The summed E-state index contributed by atoms with van der Waals surface area (Å²) in [4.78, 5) is 17.0. The molecule has 132 valence electrons. The molecule has 1 aromatic carbocycles. The molecule has 0 atom stereocenters. The predicted molar refractivity (Wildman–Crippen MR) is 95.0 cm³/mol. The van der Waals surface area contributed by atoms with Crippen molar-refractivity contribution in [2.24, 2.45) is 0 Å². The van der Waals surface area contributed by atoms with E-state index >= 15 is 0 Å². The number of benzene rings is 1. The lowest BCUT2D eigenvalue weighted by molar-refractivity contribution is 0.0637. The number of sulfonamides is 1. The zero-order valence-electron chi connectivity index (χ0n) is 14.4. The van der Waals surface area contributed by atoms with Crippen LogP contribution in [0.4, 0.5) is 5.69 Å². The van der Waals surface area contributed by atoms with Crippen LogP contribution in [0.2, 0.25) is 0 Å². The lowest BCUT2D eigenvalue weighted by atomic mass is 10.1. The number of hydrogen-bond acceptors (Lipinski definition) is 4. The summed E-state index contributed by atoms with van der Waals surface area (Å²) in [5.74, 6) is -0.00528. The highest BCUT2D eigenvalue weighted by Gasteiger charge is 2.28. The van der Waals surface area contributed by atoms with E-state index in [1.165, 1.54) is 10.6 Å². The number of nitrogens with zero attached hydrogens (tertiary/aromatic N) is 3. The minimum Gasteiger partial charge on any atom is -0.336 e. The molecule has 2 aliphatic rings. The van der Waals surface area contributed by atoms with E-state index < -0.39 is 10.0 Å². The molecule has 0 aromatic heterocycles. The van der Waals surface area contributed by atoms with Crippen LogP contribution in [0.5, 0.6) is 0 Å². The van der Waals surface area contributed by atoms with E-state index in [4.69, 9.17) is 0 Å². The molecule has 0 radical (unpaired) electrons. The van der Waals surface area contributed by atoms with Crippen molar-refractivity contribution >= 4 is 21.6 Å². The van der Waals surface area contributed by atoms with Gasteiger partial charge in [-0.3, -0.25) is 14.0 Å². The molecule has 3 rings (SSSR count). The Morgan fingerprint density at radius 3 is 2.46 bits per heavy atom. The highest BCUT2D eigenvalue weighted by molar-refractivity contribution is 7.92. The van der Waals surface area contributed by atoms with Crippen molar-refractivity contribution < 1.29 is 13.2 Å². The van der Waals surface area contributed by atoms with E-state index in [2.05, 4.69) is 11.8 Å². The second kappa shape index (κ2) is 6.72. The Labute approximate surface area is 144 Å². The molecule has 0 saturated carbocycles. The number of fused-ring (bicyclic) bond motifs is 1. The first kappa shape index (κ1) is 17.2. The fraction of sp³-hybridized carbons (Fsp3) is 0.588. The first-order valence-electron chi connectivity index (χ1n) is 8.52. The van der Waals surface area contributed by atoms with Crippen molar-refractivity contribution in [2.75, 3.05) is 49.8 Å². The standard InChI is InChI=1S/C17H25N3O3S/c1-3-7-18-9-11-19(12-10-18)17(21)15-5-4-14-6-8-20(16(14)13-15)24(2,22)23/h4-5,13H,3,6-12H2,1-2H3. The second-order valence-corrected chi connectivity index (χ2v) is 8.47.